The molecule has 0 bridgehead atoms. The molecule has 1 aliphatic heterocycles. The predicted molar refractivity (Wildman–Crippen MR) is 107 cm³/mol. The van der Waals surface area contributed by atoms with Gasteiger partial charge in [0.1, 0.15) is 11.5 Å². The first-order valence-electron chi connectivity index (χ1n) is 9.40. The molecule has 7 nitrogen and oxygen atoms in total. The van der Waals surface area contributed by atoms with Gasteiger partial charge in [-0.3, -0.25) is 19.2 Å². The summed E-state index contributed by atoms with van der Waals surface area (Å²) in [5.41, 5.74) is 2.38. The van der Waals surface area contributed by atoms with Crippen molar-refractivity contribution in [2.24, 2.45) is 0 Å². The smallest absolute Gasteiger partial charge is 0.259 e. The molecule has 7 heteroatoms. The van der Waals surface area contributed by atoms with Crippen LogP contribution in [0.3, 0.4) is 0 Å². The normalized spacial score (nSPS) is 14.2. The van der Waals surface area contributed by atoms with E-state index in [1.807, 2.05) is 57.2 Å². The molecule has 0 saturated heterocycles. The van der Waals surface area contributed by atoms with E-state index in [4.69, 9.17) is 14.1 Å². The Morgan fingerprint density at radius 3 is 2.61 bits per heavy atom. The molecule has 1 aliphatic rings. The van der Waals surface area contributed by atoms with Crippen LogP contribution in [-0.4, -0.2) is 27.7 Å². The van der Waals surface area contributed by atoms with Crippen LogP contribution in [0.5, 0.6) is 5.75 Å². The van der Waals surface area contributed by atoms with Gasteiger partial charge in [-0.25, -0.2) is 4.98 Å². The summed E-state index contributed by atoms with van der Waals surface area (Å²) >= 11 is 0. The molecule has 28 heavy (non-hydrogen) atoms. The number of nitrogens with zero attached hydrogens (tertiary/aromatic N) is 4. The Labute approximate surface area is 163 Å². The highest BCUT2D eigenvalue weighted by atomic mass is 16.5. The van der Waals surface area contributed by atoms with E-state index < -0.39 is 0 Å². The van der Waals surface area contributed by atoms with Crippen molar-refractivity contribution >= 4 is 11.6 Å². The van der Waals surface area contributed by atoms with Crippen LogP contribution in [0.1, 0.15) is 23.9 Å². The zero-order chi connectivity index (χ0) is 19.7. The number of rotatable bonds is 5. The largest absolute Gasteiger partial charge is 0.494 e. The van der Waals surface area contributed by atoms with Crippen molar-refractivity contribution in [1.82, 2.24) is 14.5 Å². The van der Waals surface area contributed by atoms with Gasteiger partial charge in [-0.15, -0.1) is 0 Å². The van der Waals surface area contributed by atoms with E-state index >= 15 is 0 Å². The van der Waals surface area contributed by atoms with Crippen molar-refractivity contribution in [3.05, 3.63) is 70.0 Å². The van der Waals surface area contributed by atoms with Gasteiger partial charge < -0.3 is 9.15 Å². The zero-order valence-electron chi connectivity index (χ0n) is 16.4. The van der Waals surface area contributed by atoms with Gasteiger partial charge in [0.05, 0.1) is 32.8 Å². The van der Waals surface area contributed by atoms with Crippen molar-refractivity contribution in [2.45, 2.75) is 34.0 Å². The molecule has 3 heterocycles. The third kappa shape index (κ3) is 3.41. The van der Waals surface area contributed by atoms with E-state index in [-0.39, 0.29) is 5.56 Å². The molecule has 0 aliphatic carbocycles. The number of hydrogen-bond acceptors (Lipinski definition) is 6. The molecule has 146 valence electrons. The Kier molecular flexibility index (Phi) is 4.92. The van der Waals surface area contributed by atoms with Gasteiger partial charge in [-0.1, -0.05) is 0 Å². The van der Waals surface area contributed by atoms with Gasteiger partial charge in [-0.05, 0) is 57.2 Å². The summed E-state index contributed by atoms with van der Waals surface area (Å²) in [6.07, 6.45) is 1.67. The number of aryl methyl sites for hydroxylation is 1. The highest BCUT2D eigenvalue weighted by Gasteiger charge is 2.27. The molecule has 0 atom stereocenters. The van der Waals surface area contributed by atoms with Crippen molar-refractivity contribution in [3.8, 4) is 5.75 Å². The molecule has 4 rings (SSSR count). The van der Waals surface area contributed by atoms with Crippen molar-refractivity contribution in [3.63, 3.8) is 0 Å². The maximum Gasteiger partial charge on any atom is 0.259 e. The Morgan fingerprint density at radius 2 is 1.93 bits per heavy atom. The monoisotopic (exact) mass is 380 g/mol. The Balaban J connectivity index is 1.74. The van der Waals surface area contributed by atoms with Gasteiger partial charge in [-0.2, -0.15) is 0 Å². The van der Waals surface area contributed by atoms with Crippen molar-refractivity contribution in [1.29, 1.82) is 0 Å². The molecule has 0 saturated carbocycles. The van der Waals surface area contributed by atoms with E-state index in [1.54, 1.807) is 10.8 Å². The maximum atomic E-state index is 12.9. The van der Waals surface area contributed by atoms with E-state index in [1.165, 1.54) is 0 Å². The van der Waals surface area contributed by atoms with Crippen LogP contribution in [-0.2, 0) is 13.2 Å². The number of ether oxygens (including phenoxy) is 1. The summed E-state index contributed by atoms with van der Waals surface area (Å²) in [4.78, 5) is 21.9. The number of furan rings is 1. The molecule has 2 aromatic heterocycles. The third-order valence-electron chi connectivity index (χ3n) is 4.96. The number of aromatic nitrogens is 2. The SMILES string of the molecule is CCOc1ccc(N2CN(Cc3ccco3)Cn3c2nc(C)c(C)c3=O)cc1. The molecule has 0 amide bonds. The molecule has 0 radical (unpaired) electrons. The molecule has 3 aromatic rings. The average Bonchev–Trinajstić information content (AvgIpc) is 3.20. The fourth-order valence-electron chi connectivity index (χ4n) is 3.39. The average molecular weight is 380 g/mol. The molecule has 0 spiro atoms. The number of fused-ring (bicyclic) bond motifs is 1. The van der Waals surface area contributed by atoms with Crippen LogP contribution in [0, 0.1) is 13.8 Å². The summed E-state index contributed by atoms with van der Waals surface area (Å²) in [6, 6.07) is 11.7. The topological polar surface area (TPSA) is 63.7 Å². The molecular weight excluding hydrogens is 356 g/mol. The van der Waals surface area contributed by atoms with Gasteiger partial charge in [0, 0.05) is 16.9 Å². The molecule has 0 N–H and O–H groups in total. The van der Waals surface area contributed by atoms with Crippen molar-refractivity contribution < 1.29 is 9.15 Å². The Hall–Kier alpha value is -3.06. The van der Waals surface area contributed by atoms with Gasteiger partial charge in [0.2, 0.25) is 5.95 Å². The lowest BCUT2D eigenvalue weighted by molar-refractivity contribution is 0.176. The minimum absolute atomic E-state index is 0.0115. The van der Waals surface area contributed by atoms with Gasteiger partial charge >= 0.3 is 0 Å². The lowest BCUT2D eigenvalue weighted by atomic mass is 10.2. The van der Waals surface area contributed by atoms with Crippen LogP contribution in [0.4, 0.5) is 11.6 Å². The standard InChI is InChI=1S/C21H24N4O3/c1-4-27-18-9-7-17(8-10-18)24-13-23(12-19-6-5-11-28-19)14-25-20(26)15(2)16(3)22-21(24)25/h5-11H,4,12-14H2,1-3H3. The first kappa shape index (κ1) is 18.3. The fraction of sp³-hybridized carbons (Fsp3) is 0.333. The minimum Gasteiger partial charge on any atom is -0.494 e. The number of anilines is 2. The second-order valence-electron chi connectivity index (χ2n) is 6.90. The minimum atomic E-state index is -0.0115. The van der Waals surface area contributed by atoms with Gasteiger partial charge in [0.25, 0.3) is 5.56 Å². The molecule has 0 unspecified atom stereocenters. The van der Waals surface area contributed by atoms with Crippen LogP contribution < -0.4 is 15.2 Å². The highest BCUT2D eigenvalue weighted by molar-refractivity contribution is 5.59. The lowest BCUT2D eigenvalue weighted by Gasteiger charge is -2.38. The Morgan fingerprint density at radius 1 is 1.14 bits per heavy atom. The second-order valence-corrected chi connectivity index (χ2v) is 6.90. The van der Waals surface area contributed by atoms with Crippen LogP contribution in [0.2, 0.25) is 0 Å². The predicted octanol–water partition coefficient (Wildman–Crippen LogP) is 3.42. The van der Waals surface area contributed by atoms with Crippen LogP contribution >= 0.6 is 0 Å². The summed E-state index contributed by atoms with van der Waals surface area (Å²) in [7, 11) is 0. The van der Waals surface area contributed by atoms with Crippen LogP contribution in [0.15, 0.2) is 51.9 Å². The first-order valence-corrected chi connectivity index (χ1v) is 9.40. The van der Waals surface area contributed by atoms with E-state index in [0.29, 0.717) is 38.0 Å². The van der Waals surface area contributed by atoms with E-state index in [9.17, 15) is 4.79 Å². The summed E-state index contributed by atoms with van der Waals surface area (Å²) in [5.74, 6) is 2.34. The highest BCUT2D eigenvalue weighted by Crippen LogP contribution is 2.29. The number of benzene rings is 1. The van der Waals surface area contributed by atoms with E-state index in [2.05, 4.69) is 9.80 Å². The maximum absolute atomic E-state index is 12.9. The molecule has 1 aromatic carbocycles. The number of hydrogen-bond donors (Lipinski definition) is 0. The first-order chi connectivity index (χ1) is 13.6. The quantitative estimate of drug-likeness (QED) is 0.676. The Bertz CT molecular complexity index is 1010. The lowest BCUT2D eigenvalue weighted by Crippen LogP contribution is -2.47. The third-order valence-corrected chi connectivity index (χ3v) is 4.96. The summed E-state index contributed by atoms with van der Waals surface area (Å²) in [6.45, 7) is 7.97. The second kappa shape index (κ2) is 7.52. The summed E-state index contributed by atoms with van der Waals surface area (Å²) < 4.78 is 12.8. The fourth-order valence-corrected chi connectivity index (χ4v) is 3.39. The molecule has 0 fully saturated rings. The van der Waals surface area contributed by atoms with Crippen molar-refractivity contribution in [2.75, 3.05) is 18.2 Å². The van der Waals surface area contributed by atoms with Crippen LogP contribution in [0.25, 0.3) is 0 Å². The summed E-state index contributed by atoms with van der Waals surface area (Å²) in [5, 5.41) is 0. The molecular formula is C21H24N4O3. The zero-order valence-corrected chi connectivity index (χ0v) is 16.4. The van der Waals surface area contributed by atoms with E-state index in [0.717, 1.165) is 22.9 Å². The van der Waals surface area contributed by atoms with Gasteiger partial charge in [0.15, 0.2) is 0 Å².